The molecule has 1 heterocycles. The zero-order valence-corrected chi connectivity index (χ0v) is 20.2. The first-order valence-electron chi connectivity index (χ1n) is 10.1. The van der Waals surface area contributed by atoms with E-state index in [1.807, 2.05) is 13.1 Å². The van der Waals surface area contributed by atoms with Crippen molar-refractivity contribution < 1.29 is 0 Å². The molecule has 0 atom stereocenters. The highest BCUT2D eigenvalue weighted by atomic mass is 127. The molecule has 0 bridgehead atoms. The molecule has 29 heavy (non-hydrogen) atoms. The van der Waals surface area contributed by atoms with Crippen LogP contribution < -0.4 is 5.32 Å². The molecule has 1 fully saturated rings. The van der Waals surface area contributed by atoms with Gasteiger partial charge in [0.25, 0.3) is 0 Å². The number of likely N-dealkylation sites (N-methyl/N-ethyl adjacent to an activating group) is 1. The summed E-state index contributed by atoms with van der Waals surface area (Å²) < 4.78 is 0. The van der Waals surface area contributed by atoms with Crippen LogP contribution in [0.1, 0.15) is 16.7 Å². The Morgan fingerprint density at radius 3 is 2.17 bits per heavy atom. The van der Waals surface area contributed by atoms with E-state index in [4.69, 9.17) is 0 Å². The van der Waals surface area contributed by atoms with Gasteiger partial charge in [-0.05, 0) is 23.7 Å². The van der Waals surface area contributed by atoms with Crippen LogP contribution in [0.3, 0.4) is 0 Å². The second kappa shape index (κ2) is 12.1. The van der Waals surface area contributed by atoms with Crippen LogP contribution in [0.5, 0.6) is 0 Å². The number of hydrogen-bond acceptors (Lipinski definition) is 3. The normalized spacial score (nSPS) is 15.6. The van der Waals surface area contributed by atoms with Crippen LogP contribution in [0.15, 0.2) is 59.6 Å². The van der Waals surface area contributed by atoms with Crippen molar-refractivity contribution >= 4 is 29.9 Å². The summed E-state index contributed by atoms with van der Waals surface area (Å²) in [7, 11) is 6.11. The Kier molecular flexibility index (Phi) is 9.90. The number of benzene rings is 2. The molecular weight excluding hydrogens is 473 g/mol. The minimum Gasteiger partial charge on any atom is -0.352 e. The van der Waals surface area contributed by atoms with E-state index in [9.17, 15) is 0 Å². The number of nitrogens with zero attached hydrogens (tertiary/aromatic N) is 4. The summed E-state index contributed by atoms with van der Waals surface area (Å²) >= 11 is 0. The topological polar surface area (TPSA) is 34.1 Å². The van der Waals surface area contributed by atoms with Crippen LogP contribution in [0, 0.1) is 0 Å². The number of hydrogen-bond donors (Lipinski definition) is 1. The molecule has 5 nitrogen and oxygen atoms in total. The van der Waals surface area contributed by atoms with Crippen LogP contribution in [0.2, 0.25) is 0 Å². The number of halogens is 1. The predicted octanol–water partition coefficient (Wildman–Crippen LogP) is 3.26. The molecule has 1 N–H and O–H groups in total. The Hall–Kier alpha value is -1.64. The molecule has 0 aromatic heterocycles. The van der Waals surface area contributed by atoms with Crippen LogP contribution in [0.25, 0.3) is 0 Å². The molecule has 1 aliphatic rings. The second-order valence-electron chi connectivity index (χ2n) is 7.64. The average Bonchev–Trinajstić information content (AvgIpc) is 2.72. The van der Waals surface area contributed by atoms with Gasteiger partial charge in [0.1, 0.15) is 0 Å². The van der Waals surface area contributed by atoms with E-state index in [-0.39, 0.29) is 24.0 Å². The molecule has 0 aliphatic carbocycles. The van der Waals surface area contributed by atoms with Crippen molar-refractivity contribution in [2.75, 3.05) is 47.3 Å². The zero-order chi connectivity index (χ0) is 19.8. The molecule has 0 radical (unpaired) electrons. The number of nitrogens with one attached hydrogen (secondary N) is 1. The van der Waals surface area contributed by atoms with E-state index in [0.29, 0.717) is 0 Å². The Morgan fingerprint density at radius 2 is 1.55 bits per heavy atom. The first kappa shape index (κ1) is 23.6. The van der Waals surface area contributed by atoms with E-state index < -0.39 is 0 Å². The lowest BCUT2D eigenvalue weighted by Gasteiger charge is -2.32. The van der Waals surface area contributed by atoms with E-state index >= 15 is 0 Å². The first-order chi connectivity index (χ1) is 13.6. The van der Waals surface area contributed by atoms with Gasteiger partial charge < -0.3 is 15.1 Å². The van der Waals surface area contributed by atoms with Gasteiger partial charge in [-0.15, -0.1) is 24.0 Å². The standard InChI is InChI=1S/C23H33N5.HI/c1-24-23(27(3)18-21-7-5-4-6-8-21)25-17-20-9-11-22(12-10-20)19-28-15-13-26(2)14-16-28;/h4-12H,13-19H2,1-3H3,(H,24,25);1H. The maximum absolute atomic E-state index is 4.42. The van der Waals surface area contributed by atoms with Crippen molar-refractivity contribution in [3.8, 4) is 0 Å². The van der Waals surface area contributed by atoms with E-state index in [2.05, 4.69) is 87.6 Å². The van der Waals surface area contributed by atoms with Crippen molar-refractivity contribution in [1.29, 1.82) is 0 Å². The van der Waals surface area contributed by atoms with Crippen molar-refractivity contribution in [3.05, 3.63) is 71.3 Å². The molecule has 158 valence electrons. The molecular formula is C23H34IN5. The number of piperazine rings is 1. The Labute approximate surface area is 192 Å². The van der Waals surface area contributed by atoms with E-state index in [1.165, 1.54) is 16.7 Å². The van der Waals surface area contributed by atoms with Crippen molar-refractivity contribution in [3.63, 3.8) is 0 Å². The van der Waals surface area contributed by atoms with Crippen LogP contribution >= 0.6 is 24.0 Å². The average molecular weight is 507 g/mol. The summed E-state index contributed by atoms with van der Waals surface area (Å²) in [6.45, 7) is 7.30. The molecule has 1 aliphatic heterocycles. The van der Waals surface area contributed by atoms with Gasteiger partial charge in [0.05, 0.1) is 0 Å². The molecule has 0 spiro atoms. The summed E-state index contributed by atoms with van der Waals surface area (Å²) in [6, 6.07) is 19.4. The summed E-state index contributed by atoms with van der Waals surface area (Å²) in [4.78, 5) is 11.5. The van der Waals surface area contributed by atoms with Gasteiger partial charge in [0.2, 0.25) is 0 Å². The van der Waals surface area contributed by atoms with Crippen molar-refractivity contribution in [2.45, 2.75) is 19.6 Å². The highest BCUT2D eigenvalue weighted by molar-refractivity contribution is 14.0. The van der Waals surface area contributed by atoms with Crippen LogP contribution in [-0.2, 0) is 19.6 Å². The third-order valence-corrected chi connectivity index (χ3v) is 5.31. The fraction of sp³-hybridized carbons (Fsp3) is 0.435. The molecule has 1 saturated heterocycles. The first-order valence-corrected chi connectivity index (χ1v) is 10.1. The molecule has 0 amide bonds. The molecule has 3 rings (SSSR count). The monoisotopic (exact) mass is 507 g/mol. The van der Waals surface area contributed by atoms with Crippen molar-refractivity contribution in [1.82, 2.24) is 20.0 Å². The van der Waals surface area contributed by atoms with Crippen LogP contribution in [0.4, 0.5) is 0 Å². The third-order valence-electron chi connectivity index (χ3n) is 5.31. The lowest BCUT2D eigenvalue weighted by atomic mass is 10.1. The highest BCUT2D eigenvalue weighted by Crippen LogP contribution is 2.10. The summed E-state index contributed by atoms with van der Waals surface area (Å²) in [6.07, 6.45) is 0. The summed E-state index contributed by atoms with van der Waals surface area (Å²) in [5, 5.41) is 3.47. The lowest BCUT2D eigenvalue weighted by Crippen LogP contribution is -2.43. The summed E-state index contributed by atoms with van der Waals surface area (Å²) in [5.41, 5.74) is 3.94. The fourth-order valence-corrected chi connectivity index (χ4v) is 3.52. The molecule has 2 aromatic carbocycles. The van der Waals surface area contributed by atoms with Gasteiger partial charge in [0, 0.05) is 59.9 Å². The van der Waals surface area contributed by atoms with Gasteiger partial charge in [-0.2, -0.15) is 0 Å². The molecule has 0 saturated carbocycles. The molecule has 0 unspecified atom stereocenters. The number of guanidine groups is 1. The Balaban J connectivity index is 0.00000300. The SMILES string of the molecule is CN=C(NCc1ccc(CN2CCN(C)CC2)cc1)N(C)Cc1ccccc1.I. The van der Waals surface area contributed by atoms with Gasteiger partial charge in [0.15, 0.2) is 5.96 Å². The lowest BCUT2D eigenvalue weighted by molar-refractivity contribution is 0.148. The van der Waals surface area contributed by atoms with E-state index in [1.54, 1.807) is 0 Å². The number of rotatable bonds is 6. The van der Waals surface area contributed by atoms with Gasteiger partial charge in [-0.25, -0.2) is 0 Å². The minimum atomic E-state index is 0. The number of aliphatic imine (C=N–C) groups is 1. The maximum Gasteiger partial charge on any atom is 0.193 e. The highest BCUT2D eigenvalue weighted by Gasteiger charge is 2.13. The Bertz CT molecular complexity index is 740. The molecule has 6 heteroatoms. The predicted molar refractivity (Wildman–Crippen MR) is 133 cm³/mol. The van der Waals surface area contributed by atoms with Gasteiger partial charge in [-0.3, -0.25) is 9.89 Å². The smallest absolute Gasteiger partial charge is 0.193 e. The van der Waals surface area contributed by atoms with Crippen molar-refractivity contribution in [2.24, 2.45) is 4.99 Å². The second-order valence-corrected chi connectivity index (χ2v) is 7.64. The maximum atomic E-state index is 4.42. The largest absolute Gasteiger partial charge is 0.352 e. The molecule has 2 aromatic rings. The van der Waals surface area contributed by atoms with Gasteiger partial charge >= 0.3 is 0 Å². The fourth-order valence-electron chi connectivity index (χ4n) is 3.52. The minimum absolute atomic E-state index is 0. The Morgan fingerprint density at radius 1 is 0.931 bits per heavy atom. The zero-order valence-electron chi connectivity index (χ0n) is 17.8. The van der Waals surface area contributed by atoms with Gasteiger partial charge in [-0.1, -0.05) is 54.6 Å². The van der Waals surface area contributed by atoms with E-state index in [0.717, 1.165) is 51.8 Å². The third kappa shape index (κ3) is 7.60. The quantitative estimate of drug-likeness (QED) is 0.370. The summed E-state index contributed by atoms with van der Waals surface area (Å²) in [5.74, 6) is 0.908. The van der Waals surface area contributed by atoms with Crippen LogP contribution in [-0.4, -0.2) is 68.0 Å².